The highest BCUT2D eigenvalue weighted by Gasteiger charge is 2.33. The summed E-state index contributed by atoms with van der Waals surface area (Å²) in [4.78, 5) is 15.6. The number of nitrogens with one attached hydrogen (secondary N) is 2. The van der Waals surface area contributed by atoms with Crippen LogP contribution in [-0.4, -0.2) is 37.7 Å². The van der Waals surface area contributed by atoms with Crippen LogP contribution in [0.15, 0.2) is 49.2 Å². The highest BCUT2D eigenvalue weighted by molar-refractivity contribution is 5.77. The summed E-state index contributed by atoms with van der Waals surface area (Å²) in [5, 5.41) is 5.13. The van der Waals surface area contributed by atoms with E-state index in [1.54, 1.807) is 18.2 Å². The van der Waals surface area contributed by atoms with Crippen molar-refractivity contribution in [3.05, 3.63) is 60.3 Å². The number of halogens is 3. The number of allylic oxidation sites excluding steroid dienone is 1. The average molecular weight is 409 g/mol. The number of methoxy groups -OCH3 is 1. The molecule has 0 spiro atoms. The van der Waals surface area contributed by atoms with E-state index in [4.69, 9.17) is 9.47 Å². The fourth-order valence-electron chi connectivity index (χ4n) is 2.48. The third-order valence-corrected chi connectivity index (χ3v) is 3.82. The van der Waals surface area contributed by atoms with Gasteiger partial charge in [-0.15, -0.1) is 6.58 Å². The van der Waals surface area contributed by atoms with E-state index in [1.807, 2.05) is 6.07 Å². The van der Waals surface area contributed by atoms with Crippen molar-refractivity contribution in [1.82, 2.24) is 10.3 Å². The molecule has 0 aliphatic carbocycles. The molecule has 0 saturated carbocycles. The minimum Gasteiger partial charge on any atom is -0.493 e. The van der Waals surface area contributed by atoms with Crippen molar-refractivity contribution in [2.45, 2.75) is 12.6 Å². The molecule has 0 aliphatic heterocycles. The van der Waals surface area contributed by atoms with Crippen LogP contribution in [0, 0.1) is 0 Å². The Labute approximate surface area is 166 Å². The number of anilines is 1. The molecule has 2 aromatic rings. The molecule has 0 radical (unpaired) electrons. The summed E-state index contributed by atoms with van der Waals surface area (Å²) in [5.74, 6) is 0.210. The van der Waals surface area contributed by atoms with Gasteiger partial charge in [0.25, 0.3) is 5.91 Å². The lowest BCUT2D eigenvalue weighted by Gasteiger charge is -2.14. The topological polar surface area (TPSA) is 72.5 Å². The molecular weight excluding hydrogens is 387 g/mol. The third kappa shape index (κ3) is 6.70. The molecule has 2 N–H and O–H groups in total. The van der Waals surface area contributed by atoms with Crippen molar-refractivity contribution in [3.63, 3.8) is 0 Å². The first kappa shape index (κ1) is 22.1. The molecule has 0 aliphatic rings. The molecule has 1 aromatic heterocycles. The van der Waals surface area contributed by atoms with Gasteiger partial charge in [-0.05, 0) is 36.2 Å². The highest BCUT2D eigenvalue weighted by Crippen LogP contribution is 2.33. The standard InChI is InChI=1S/C20H22F3N3O3/c1-3-5-14-7-8-16(17(12-14)28-2)29-13-18(27)24-10-11-26-19-15(20(21,22)23)6-4-9-25-19/h3-4,6-9,12H,1,5,10-11,13H2,2H3,(H,24,27)(H,25,26). The number of alkyl halides is 3. The Balaban J connectivity index is 1.79. The molecule has 9 heteroatoms. The highest BCUT2D eigenvalue weighted by atomic mass is 19.4. The van der Waals surface area contributed by atoms with Gasteiger partial charge in [0.05, 0.1) is 12.7 Å². The van der Waals surface area contributed by atoms with Crippen molar-refractivity contribution in [3.8, 4) is 11.5 Å². The largest absolute Gasteiger partial charge is 0.493 e. The lowest BCUT2D eigenvalue weighted by molar-refractivity contribution is -0.137. The zero-order valence-electron chi connectivity index (χ0n) is 15.9. The molecule has 1 amide bonds. The van der Waals surface area contributed by atoms with Crippen LogP contribution >= 0.6 is 0 Å². The number of carbonyl (C=O) groups is 1. The van der Waals surface area contributed by atoms with E-state index in [0.717, 1.165) is 11.6 Å². The van der Waals surface area contributed by atoms with Gasteiger partial charge in [-0.25, -0.2) is 4.98 Å². The normalized spacial score (nSPS) is 10.9. The van der Waals surface area contributed by atoms with Gasteiger partial charge in [-0.1, -0.05) is 12.1 Å². The zero-order valence-corrected chi connectivity index (χ0v) is 15.9. The smallest absolute Gasteiger partial charge is 0.419 e. The number of rotatable bonds is 10. The number of pyridine rings is 1. The first-order valence-corrected chi connectivity index (χ1v) is 8.78. The number of carbonyl (C=O) groups excluding carboxylic acids is 1. The van der Waals surface area contributed by atoms with E-state index in [2.05, 4.69) is 22.2 Å². The Hall–Kier alpha value is -3.23. The minimum atomic E-state index is -4.51. The average Bonchev–Trinajstić information content (AvgIpc) is 2.70. The third-order valence-electron chi connectivity index (χ3n) is 3.82. The SMILES string of the molecule is C=CCc1ccc(OCC(=O)NCCNc2ncccc2C(F)(F)F)c(OC)c1. The second kappa shape index (κ2) is 10.4. The summed E-state index contributed by atoms with van der Waals surface area (Å²) in [6, 6.07) is 7.49. The fourth-order valence-corrected chi connectivity index (χ4v) is 2.48. The molecule has 0 unspecified atom stereocenters. The number of hydrogen-bond acceptors (Lipinski definition) is 5. The van der Waals surface area contributed by atoms with Gasteiger partial charge in [0.15, 0.2) is 18.1 Å². The molecule has 0 bridgehead atoms. The van der Waals surface area contributed by atoms with Crippen LogP contribution in [-0.2, 0) is 17.4 Å². The fraction of sp³-hybridized carbons (Fsp3) is 0.300. The maximum Gasteiger partial charge on any atom is 0.419 e. The van der Waals surface area contributed by atoms with Gasteiger partial charge in [0.1, 0.15) is 5.82 Å². The number of benzene rings is 1. The quantitative estimate of drug-likeness (QED) is 0.465. The van der Waals surface area contributed by atoms with Crippen LogP contribution in [0.4, 0.5) is 19.0 Å². The summed E-state index contributed by atoms with van der Waals surface area (Å²) >= 11 is 0. The number of amides is 1. The summed E-state index contributed by atoms with van der Waals surface area (Å²) < 4.78 is 49.4. The summed E-state index contributed by atoms with van der Waals surface area (Å²) in [6.07, 6.45) is -0.804. The zero-order chi connectivity index (χ0) is 21.3. The van der Waals surface area contributed by atoms with Crippen LogP contribution in [0.1, 0.15) is 11.1 Å². The molecule has 6 nitrogen and oxygen atoms in total. The van der Waals surface area contributed by atoms with Crippen molar-refractivity contribution >= 4 is 11.7 Å². The van der Waals surface area contributed by atoms with Gasteiger partial charge < -0.3 is 20.1 Å². The molecule has 0 saturated heterocycles. The van der Waals surface area contributed by atoms with Crippen LogP contribution < -0.4 is 20.1 Å². The van der Waals surface area contributed by atoms with Gasteiger partial charge in [-0.3, -0.25) is 4.79 Å². The number of aromatic nitrogens is 1. The predicted octanol–water partition coefficient (Wildman–Crippen LogP) is 3.44. The van der Waals surface area contributed by atoms with Crippen LogP contribution in [0.5, 0.6) is 11.5 Å². The Bertz CT molecular complexity index is 841. The maximum atomic E-state index is 12.9. The van der Waals surface area contributed by atoms with Crippen LogP contribution in [0.2, 0.25) is 0 Å². The molecule has 1 aromatic carbocycles. The lowest BCUT2D eigenvalue weighted by atomic mass is 10.1. The number of ether oxygens (including phenoxy) is 2. The predicted molar refractivity (Wildman–Crippen MR) is 103 cm³/mol. The summed E-state index contributed by atoms with van der Waals surface area (Å²) in [7, 11) is 1.50. The van der Waals surface area contributed by atoms with Crippen LogP contribution in [0.3, 0.4) is 0 Å². The number of hydrogen-bond donors (Lipinski definition) is 2. The number of nitrogens with zero attached hydrogens (tertiary/aromatic N) is 1. The molecule has 156 valence electrons. The summed E-state index contributed by atoms with van der Waals surface area (Å²) in [5.41, 5.74) is 0.133. The van der Waals surface area contributed by atoms with E-state index in [0.29, 0.717) is 17.9 Å². The second-order valence-electron chi connectivity index (χ2n) is 5.94. The molecule has 2 rings (SSSR count). The van der Waals surface area contributed by atoms with Crippen molar-refractivity contribution in [1.29, 1.82) is 0 Å². The molecular formula is C20H22F3N3O3. The molecule has 29 heavy (non-hydrogen) atoms. The minimum absolute atomic E-state index is 0.0748. The maximum absolute atomic E-state index is 12.9. The van der Waals surface area contributed by atoms with Crippen LogP contribution in [0.25, 0.3) is 0 Å². The van der Waals surface area contributed by atoms with Gasteiger partial charge >= 0.3 is 6.18 Å². The Morgan fingerprint density at radius 2 is 2.03 bits per heavy atom. The van der Waals surface area contributed by atoms with E-state index in [1.165, 1.54) is 19.4 Å². The van der Waals surface area contributed by atoms with Gasteiger partial charge in [-0.2, -0.15) is 13.2 Å². The Morgan fingerprint density at radius 3 is 2.72 bits per heavy atom. The van der Waals surface area contributed by atoms with E-state index >= 15 is 0 Å². The monoisotopic (exact) mass is 409 g/mol. The second-order valence-corrected chi connectivity index (χ2v) is 5.94. The van der Waals surface area contributed by atoms with Crippen molar-refractivity contribution in [2.75, 3.05) is 32.1 Å². The first-order valence-electron chi connectivity index (χ1n) is 8.78. The molecule has 1 heterocycles. The van der Waals surface area contributed by atoms with E-state index in [-0.39, 0.29) is 25.5 Å². The van der Waals surface area contributed by atoms with E-state index < -0.39 is 17.6 Å². The Morgan fingerprint density at radius 1 is 1.24 bits per heavy atom. The van der Waals surface area contributed by atoms with Crippen molar-refractivity contribution in [2.24, 2.45) is 0 Å². The lowest BCUT2D eigenvalue weighted by Crippen LogP contribution is -2.33. The molecule has 0 atom stereocenters. The molecule has 0 fully saturated rings. The summed E-state index contributed by atoms with van der Waals surface area (Å²) in [6.45, 7) is 3.60. The van der Waals surface area contributed by atoms with Crippen molar-refractivity contribution < 1.29 is 27.4 Å². The van der Waals surface area contributed by atoms with Gasteiger partial charge in [0, 0.05) is 19.3 Å². The first-order chi connectivity index (χ1) is 13.8. The van der Waals surface area contributed by atoms with E-state index in [9.17, 15) is 18.0 Å². The van der Waals surface area contributed by atoms with Gasteiger partial charge in [0.2, 0.25) is 0 Å². The Kier molecular flexibility index (Phi) is 7.88.